The minimum absolute atomic E-state index is 0.0127. The van der Waals surface area contributed by atoms with Crippen LogP contribution in [-0.2, 0) is 6.42 Å². The largest absolute Gasteiger partial charge is 0.389 e. The van der Waals surface area contributed by atoms with E-state index in [1.165, 1.54) is 0 Å². The van der Waals surface area contributed by atoms with Gasteiger partial charge in [0, 0.05) is 6.42 Å². The fraction of sp³-hybridized carbons (Fsp3) is 0.333. The van der Waals surface area contributed by atoms with Crippen molar-refractivity contribution in [3.8, 4) is 0 Å². The maximum Gasteiger partial charge on any atom is 0.389 e. The molecule has 7 heteroatoms. The molecule has 1 atom stereocenters. The molecule has 0 saturated heterocycles. The minimum atomic E-state index is -4.23. The second kappa shape index (κ2) is 5.40. The van der Waals surface area contributed by atoms with Gasteiger partial charge in [-0.3, -0.25) is 0 Å². The molecule has 0 amide bonds. The van der Waals surface area contributed by atoms with Gasteiger partial charge in [0.2, 0.25) is 5.89 Å². The van der Waals surface area contributed by atoms with E-state index in [0.29, 0.717) is 0 Å². The van der Waals surface area contributed by atoms with Crippen molar-refractivity contribution in [2.45, 2.75) is 25.1 Å². The summed E-state index contributed by atoms with van der Waals surface area (Å²) in [5, 5.41) is 3.50. The molecule has 19 heavy (non-hydrogen) atoms. The molecule has 4 nitrogen and oxygen atoms in total. The molecule has 0 spiro atoms. The number of hydrogen-bond acceptors (Lipinski definition) is 4. The van der Waals surface area contributed by atoms with E-state index >= 15 is 0 Å². The van der Waals surface area contributed by atoms with Gasteiger partial charge in [0.15, 0.2) is 5.82 Å². The third-order valence-electron chi connectivity index (χ3n) is 2.54. The van der Waals surface area contributed by atoms with Gasteiger partial charge in [0.05, 0.1) is 6.42 Å². The van der Waals surface area contributed by atoms with Gasteiger partial charge in [-0.1, -0.05) is 35.5 Å². The zero-order valence-electron chi connectivity index (χ0n) is 9.89. The number of alkyl halides is 3. The average Bonchev–Trinajstić information content (AvgIpc) is 2.84. The number of rotatable bonds is 4. The van der Waals surface area contributed by atoms with Gasteiger partial charge >= 0.3 is 6.18 Å². The number of aromatic nitrogens is 2. The minimum Gasteiger partial charge on any atom is -0.337 e. The predicted octanol–water partition coefficient (Wildman–Crippen LogP) is 2.61. The van der Waals surface area contributed by atoms with Crippen LogP contribution in [0.5, 0.6) is 0 Å². The summed E-state index contributed by atoms with van der Waals surface area (Å²) in [5.74, 6) is 0.127. The van der Waals surface area contributed by atoms with Crippen molar-refractivity contribution in [1.29, 1.82) is 0 Å². The van der Waals surface area contributed by atoms with Crippen LogP contribution < -0.4 is 5.73 Å². The van der Waals surface area contributed by atoms with Crippen LogP contribution in [0.2, 0.25) is 0 Å². The normalized spacial score (nSPS) is 13.5. The molecule has 0 unspecified atom stereocenters. The molecule has 1 aromatic heterocycles. The van der Waals surface area contributed by atoms with E-state index in [2.05, 4.69) is 10.1 Å². The molecule has 1 aromatic carbocycles. The van der Waals surface area contributed by atoms with Crippen molar-refractivity contribution in [3.05, 3.63) is 47.6 Å². The number of aryl methyl sites for hydroxylation is 1. The van der Waals surface area contributed by atoms with Crippen LogP contribution in [0.1, 0.15) is 29.7 Å². The van der Waals surface area contributed by atoms with Gasteiger partial charge in [-0.05, 0) is 5.56 Å². The molecular weight excluding hydrogens is 259 g/mol. The summed E-state index contributed by atoms with van der Waals surface area (Å²) in [5.41, 5.74) is 6.65. The lowest BCUT2D eigenvalue weighted by atomic mass is 10.1. The van der Waals surface area contributed by atoms with E-state index in [1.54, 1.807) is 24.3 Å². The lowest BCUT2D eigenvalue weighted by Crippen LogP contribution is -2.12. The van der Waals surface area contributed by atoms with E-state index in [9.17, 15) is 13.2 Å². The highest BCUT2D eigenvalue weighted by atomic mass is 19.4. The van der Waals surface area contributed by atoms with Crippen LogP contribution in [0.3, 0.4) is 0 Å². The van der Waals surface area contributed by atoms with E-state index in [1.807, 2.05) is 6.07 Å². The van der Waals surface area contributed by atoms with Gasteiger partial charge < -0.3 is 10.3 Å². The highest BCUT2D eigenvalue weighted by molar-refractivity contribution is 5.22. The average molecular weight is 271 g/mol. The van der Waals surface area contributed by atoms with Gasteiger partial charge in [-0.2, -0.15) is 18.2 Å². The Morgan fingerprint density at radius 2 is 1.89 bits per heavy atom. The van der Waals surface area contributed by atoms with Crippen LogP contribution in [0.25, 0.3) is 0 Å². The first kappa shape index (κ1) is 13.5. The Balaban J connectivity index is 2.05. The molecule has 0 aliphatic carbocycles. The molecule has 102 valence electrons. The Morgan fingerprint density at radius 3 is 2.53 bits per heavy atom. The summed E-state index contributed by atoms with van der Waals surface area (Å²) >= 11 is 0. The molecule has 2 rings (SSSR count). The van der Waals surface area contributed by atoms with Crippen molar-refractivity contribution in [1.82, 2.24) is 10.1 Å². The summed E-state index contributed by atoms with van der Waals surface area (Å²) in [6, 6.07) is 8.37. The predicted molar refractivity (Wildman–Crippen MR) is 61.1 cm³/mol. The van der Waals surface area contributed by atoms with Gasteiger partial charge in [0.25, 0.3) is 0 Å². The summed E-state index contributed by atoms with van der Waals surface area (Å²) in [6.45, 7) is 0. The van der Waals surface area contributed by atoms with Crippen LogP contribution in [-0.4, -0.2) is 16.3 Å². The third kappa shape index (κ3) is 3.78. The van der Waals surface area contributed by atoms with E-state index < -0.39 is 18.6 Å². The Hall–Kier alpha value is -1.89. The number of nitrogens with zero attached hydrogens (tertiary/aromatic N) is 2. The molecule has 1 heterocycles. The monoisotopic (exact) mass is 271 g/mol. The Labute approximate surface area is 107 Å². The third-order valence-corrected chi connectivity index (χ3v) is 2.54. The van der Waals surface area contributed by atoms with Crippen molar-refractivity contribution in [2.24, 2.45) is 5.73 Å². The Morgan fingerprint density at radius 1 is 1.21 bits per heavy atom. The highest BCUT2D eigenvalue weighted by Crippen LogP contribution is 2.22. The zero-order chi connectivity index (χ0) is 13.9. The molecule has 2 N–H and O–H groups in total. The number of halogens is 3. The van der Waals surface area contributed by atoms with Gasteiger partial charge in [-0.25, -0.2) is 0 Å². The van der Waals surface area contributed by atoms with Crippen LogP contribution >= 0.6 is 0 Å². The van der Waals surface area contributed by atoms with E-state index in [0.717, 1.165) is 5.56 Å². The fourth-order valence-electron chi connectivity index (χ4n) is 1.55. The molecule has 0 aliphatic rings. The standard InChI is InChI=1S/C12H12F3N3O/c13-12(14,15)7-6-9-17-11(19-18-9)10(16)8-4-2-1-3-5-8/h1-5,10H,6-7,16H2/t10-/m1/s1. The Bertz CT molecular complexity index is 525. The molecule has 2 aromatic rings. The number of nitrogens with two attached hydrogens (primary N) is 1. The number of hydrogen-bond donors (Lipinski definition) is 1. The highest BCUT2D eigenvalue weighted by Gasteiger charge is 2.28. The Kier molecular flexibility index (Phi) is 3.84. The van der Waals surface area contributed by atoms with Crippen LogP contribution in [0.4, 0.5) is 13.2 Å². The number of benzene rings is 1. The smallest absolute Gasteiger partial charge is 0.337 e. The summed E-state index contributed by atoms with van der Waals surface area (Å²) in [7, 11) is 0. The van der Waals surface area contributed by atoms with Gasteiger partial charge in [-0.15, -0.1) is 0 Å². The van der Waals surface area contributed by atoms with Crippen molar-refractivity contribution in [3.63, 3.8) is 0 Å². The topological polar surface area (TPSA) is 64.9 Å². The first-order valence-corrected chi connectivity index (χ1v) is 5.65. The van der Waals surface area contributed by atoms with Crippen molar-refractivity contribution < 1.29 is 17.7 Å². The summed E-state index contributed by atoms with van der Waals surface area (Å²) < 4.78 is 41.1. The molecule has 0 radical (unpaired) electrons. The SMILES string of the molecule is N[C@H](c1ccccc1)c1nc(CCC(F)(F)F)no1. The van der Waals surface area contributed by atoms with Gasteiger partial charge in [0.1, 0.15) is 6.04 Å². The fourth-order valence-corrected chi connectivity index (χ4v) is 1.55. The molecule has 0 bridgehead atoms. The second-order valence-electron chi connectivity index (χ2n) is 4.05. The van der Waals surface area contributed by atoms with E-state index in [-0.39, 0.29) is 18.1 Å². The molecule has 0 saturated carbocycles. The van der Waals surface area contributed by atoms with Crippen molar-refractivity contribution in [2.75, 3.05) is 0 Å². The lowest BCUT2D eigenvalue weighted by Gasteiger charge is -2.05. The zero-order valence-corrected chi connectivity index (χ0v) is 9.89. The lowest BCUT2D eigenvalue weighted by molar-refractivity contribution is -0.134. The second-order valence-corrected chi connectivity index (χ2v) is 4.05. The maximum atomic E-state index is 12.1. The van der Waals surface area contributed by atoms with Crippen molar-refractivity contribution >= 4 is 0 Å². The van der Waals surface area contributed by atoms with Crippen LogP contribution in [0.15, 0.2) is 34.9 Å². The van der Waals surface area contributed by atoms with E-state index in [4.69, 9.17) is 10.3 Å². The maximum absolute atomic E-state index is 12.1. The summed E-state index contributed by atoms with van der Waals surface area (Å²) in [6.07, 6.45) is -5.52. The quantitative estimate of drug-likeness (QED) is 0.928. The molecule has 0 fully saturated rings. The summed E-state index contributed by atoms with van der Waals surface area (Å²) in [4.78, 5) is 3.89. The molecular formula is C12H12F3N3O. The first-order valence-electron chi connectivity index (χ1n) is 5.65. The van der Waals surface area contributed by atoms with Crippen LogP contribution in [0, 0.1) is 0 Å². The molecule has 0 aliphatic heterocycles. The first-order chi connectivity index (χ1) is 8.96.